The van der Waals surface area contributed by atoms with Crippen LogP contribution in [0.1, 0.15) is 12.8 Å². The van der Waals surface area contributed by atoms with E-state index in [1.807, 2.05) is 0 Å². The minimum Gasteiger partial charge on any atom is -0.218 e. The molecular weight excluding hydrogens is 227 g/mol. The molecule has 0 bridgehead atoms. The number of rotatable bonds is 1. The molecule has 1 saturated carbocycles. The first-order valence-electron chi connectivity index (χ1n) is 2.04. The molecule has 0 spiro atoms. The summed E-state index contributed by atoms with van der Waals surface area (Å²) in [5, 5.41) is 0.00750. The maximum atomic E-state index is 10.4. The van der Waals surface area contributed by atoms with E-state index in [2.05, 4.69) is 0 Å². The predicted octanol–water partition coefficient (Wildman–Crippen LogP) is 0.914. The minimum absolute atomic E-state index is 0.00750. The SMILES string of the molecule is O=S(=O)(I)C1CC1. The molecule has 0 amide bonds. The van der Waals surface area contributed by atoms with Gasteiger partial charge in [-0.05, 0) is 12.8 Å². The molecule has 1 aliphatic carbocycles. The zero-order valence-electron chi connectivity index (χ0n) is 3.59. The lowest BCUT2D eigenvalue weighted by atomic mass is 11.0. The van der Waals surface area contributed by atoms with Gasteiger partial charge in [0, 0.05) is 0 Å². The van der Waals surface area contributed by atoms with Crippen LogP contribution in [0.2, 0.25) is 0 Å². The van der Waals surface area contributed by atoms with Crippen LogP contribution in [0.15, 0.2) is 0 Å². The third-order valence-electron chi connectivity index (χ3n) is 0.923. The van der Waals surface area contributed by atoms with Gasteiger partial charge in [0.15, 0.2) is 0 Å². The molecule has 2 nitrogen and oxygen atoms in total. The lowest BCUT2D eigenvalue weighted by Crippen LogP contribution is -1.92. The molecule has 0 N–H and O–H groups in total. The van der Waals surface area contributed by atoms with E-state index in [4.69, 9.17) is 0 Å². The molecule has 0 radical (unpaired) electrons. The van der Waals surface area contributed by atoms with E-state index in [1.54, 1.807) is 0 Å². The summed E-state index contributed by atoms with van der Waals surface area (Å²) in [5.41, 5.74) is 0. The van der Waals surface area contributed by atoms with E-state index in [0.717, 1.165) is 12.8 Å². The first kappa shape index (κ1) is 5.81. The Morgan fingerprint density at radius 1 is 1.43 bits per heavy atom. The van der Waals surface area contributed by atoms with E-state index in [1.165, 1.54) is 21.2 Å². The molecule has 0 heterocycles. The van der Waals surface area contributed by atoms with E-state index < -0.39 is 7.01 Å². The van der Waals surface area contributed by atoms with Crippen LogP contribution in [0.3, 0.4) is 0 Å². The fourth-order valence-corrected chi connectivity index (χ4v) is 2.57. The van der Waals surface area contributed by atoms with Gasteiger partial charge in [0.1, 0.15) is 0 Å². The molecule has 42 valence electrons. The lowest BCUT2D eigenvalue weighted by molar-refractivity contribution is 0.611. The van der Waals surface area contributed by atoms with Crippen molar-refractivity contribution in [2.24, 2.45) is 0 Å². The van der Waals surface area contributed by atoms with Gasteiger partial charge in [-0.25, -0.2) is 8.42 Å². The Morgan fingerprint density at radius 2 is 1.86 bits per heavy atom. The monoisotopic (exact) mass is 232 g/mol. The van der Waals surface area contributed by atoms with Gasteiger partial charge >= 0.3 is 0 Å². The summed E-state index contributed by atoms with van der Waals surface area (Å²) in [5.74, 6) is 0. The Bertz CT molecular complexity index is 156. The van der Waals surface area contributed by atoms with Crippen LogP contribution < -0.4 is 0 Å². The normalized spacial score (nSPS) is 22.4. The zero-order valence-corrected chi connectivity index (χ0v) is 6.57. The highest BCUT2D eigenvalue weighted by Gasteiger charge is 2.33. The summed E-state index contributed by atoms with van der Waals surface area (Å²) in [6, 6.07) is 0. The zero-order chi connectivity index (χ0) is 5.49. The van der Waals surface area contributed by atoms with Crippen LogP contribution in [0.5, 0.6) is 0 Å². The molecule has 7 heavy (non-hydrogen) atoms. The van der Waals surface area contributed by atoms with Gasteiger partial charge in [0.05, 0.1) is 26.5 Å². The fraction of sp³-hybridized carbons (Fsp3) is 1.00. The van der Waals surface area contributed by atoms with Crippen molar-refractivity contribution in [3.05, 3.63) is 0 Å². The van der Waals surface area contributed by atoms with Gasteiger partial charge < -0.3 is 0 Å². The number of halogens is 1. The molecule has 0 unspecified atom stereocenters. The third kappa shape index (κ3) is 1.56. The van der Waals surface area contributed by atoms with Crippen molar-refractivity contribution >= 4 is 28.2 Å². The topological polar surface area (TPSA) is 34.1 Å². The quantitative estimate of drug-likeness (QED) is 0.497. The highest BCUT2D eigenvalue weighted by molar-refractivity contribution is 14.2. The van der Waals surface area contributed by atoms with Crippen LogP contribution in [0.4, 0.5) is 0 Å². The number of hydrogen-bond donors (Lipinski definition) is 0. The van der Waals surface area contributed by atoms with E-state index >= 15 is 0 Å². The average Bonchev–Trinajstić information content (AvgIpc) is 1.99. The van der Waals surface area contributed by atoms with Crippen LogP contribution >= 0.6 is 21.2 Å². The second-order valence-electron chi connectivity index (χ2n) is 1.67. The maximum absolute atomic E-state index is 10.4. The summed E-state index contributed by atoms with van der Waals surface area (Å²) < 4.78 is 20.8. The van der Waals surface area contributed by atoms with Crippen LogP contribution in [0.25, 0.3) is 0 Å². The van der Waals surface area contributed by atoms with Crippen molar-refractivity contribution in [2.45, 2.75) is 18.1 Å². The fourth-order valence-electron chi connectivity index (χ4n) is 0.350. The van der Waals surface area contributed by atoms with Gasteiger partial charge in [0.2, 0.25) is 7.01 Å². The third-order valence-corrected chi connectivity index (χ3v) is 4.35. The molecule has 0 aromatic carbocycles. The second-order valence-corrected chi connectivity index (χ2v) is 6.98. The Morgan fingerprint density at radius 3 is 1.86 bits per heavy atom. The molecule has 0 saturated heterocycles. The molecule has 0 aromatic rings. The van der Waals surface area contributed by atoms with Crippen LogP contribution in [-0.2, 0) is 7.01 Å². The summed E-state index contributed by atoms with van der Waals surface area (Å²) in [6.07, 6.45) is 1.76. The van der Waals surface area contributed by atoms with Crippen molar-refractivity contribution < 1.29 is 8.42 Å². The van der Waals surface area contributed by atoms with Crippen molar-refractivity contribution in [1.29, 1.82) is 0 Å². The largest absolute Gasteiger partial charge is 0.218 e. The van der Waals surface area contributed by atoms with Gasteiger partial charge in [-0.3, -0.25) is 0 Å². The molecule has 0 aromatic heterocycles. The Hall–Kier alpha value is 0.680. The lowest BCUT2D eigenvalue weighted by Gasteiger charge is -1.81. The Kier molecular flexibility index (Phi) is 1.31. The molecule has 0 aliphatic heterocycles. The first-order chi connectivity index (χ1) is 3.11. The summed E-state index contributed by atoms with van der Waals surface area (Å²) in [6.45, 7) is 0. The molecule has 1 fully saturated rings. The predicted molar refractivity (Wildman–Crippen MR) is 36.0 cm³/mol. The molecule has 4 heteroatoms. The van der Waals surface area contributed by atoms with Crippen LogP contribution in [0, 0.1) is 0 Å². The summed E-state index contributed by atoms with van der Waals surface area (Å²) in [4.78, 5) is 0. The van der Waals surface area contributed by atoms with Crippen LogP contribution in [-0.4, -0.2) is 13.7 Å². The van der Waals surface area contributed by atoms with Gasteiger partial charge in [-0.1, -0.05) is 0 Å². The maximum Gasteiger partial charge on any atom is 0.205 e. The molecule has 0 atom stereocenters. The van der Waals surface area contributed by atoms with E-state index in [0.29, 0.717) is 0 Å². The van der Waals surface area contributed by atoms with Gasteiger partial charge in [-0.15, -0.1) is 0 Å². The number of hydrogen-bond acceptors (Lipinski definition) is 2. The molecular formula is C3H5IO2S. The highest BCUT2D eigenvalue weighted by Crippen LogP contribution is 2.32. The summed E-state index contributed by atoms with van der Waals surface area (Å²) in [7, 11) is -2.66. The van der Waals surface area contributed by atoms with Crippen molar-refractivity contribution in [2.75, 3.05) is 0 Å². The van der Waals surface area contributed by atoms with E-state index in [-0.39, 0.29) is 5.25 Å². The molecule has 1 aliphatic rings. The Balaban J connectivity index is 2.71. The standard InChI is InChI=1S/C3H5IO2S/c4-7(5,6)3-1-2-3/h3H,1-2H2. The van der Waals surface area contributed by atoms with Crippen molar-refractivity contribution in [3.8, 4) is 0 Å². The van der Waals surface area contributed by atoms with Crippen molar-refractivity contribution in [1.82, 2.24) is 0 Å². The molecule has 1 rings (SSSR count). The average molecular weight is 232 g/mol. The minimum atomic E-state index is -2.66. The first-order valence-corrected chi connectivity index (χ1v) is 6.13. The van der Waals surface area contributed by atoms with E-state index in [9.17, 15) is 8.42 Å². The Labute approximate surface area is 54.8 Å². The van der Waals surface area contributed by atoms with Crippen molar-refractivity contribution in [3.63, 3.8) is 0 Å². The smallest absolute Gasteiger partial charge is 0.205 e. The van der Waals surface area contributed by atoms with Gasteiger partial charge in [0.25, 0.3) is 0 Å². The second kappa shape index (κ2) is 1.58. The highest BCUT2D eigenvalue weighted by atomic mass is 127. The summed E-state index contributed by atoms with van der Waals surface area (Å²) >= 11 is 1.50. The van der Waals surface area contributed by atoms with Gasteiger partial charge in [-0.2, -0.15) is 0 Å².